The molecule has 1 heterocycles. The summed E-state index contributed by atoms with van der Waals surface area (Å²) in [6.45, 7) is 0. The van der Waals surface area contributed by atoms with Crippen LogP contribution in [-0.4, -0.2) is 0 Å². The molecule has 10 rings (SSSR count). The average molecular weight is 706 g/mol. The van der Waals surface area contributed by atoms with Crippen LogP contribution < -0.4 is 4.90 Å². The molecule has 254 valence electrons. The van der Waals surface area contributed by atoms with E-state index in [0.29, 0.717) is 0 Å². The fraction of sp³-hybridized carbons (Fsp3) is 0. The van der Waals surface area contributed by atoms with Gasteiger partial charge < -0.3 is 4.90 Å². The summed E-state index contributed by atoms with van der Waals surface area (Å²) in [5, 5.41) is 5.04. The molecule has 0 amide bonds. The Balaban J connectivity index is 1.19. The van der Waals surface area contributed by atoms with Gasteiger partial charge in [0, 0.05) is 31.4 Å². The minimum absolute atomic E-state index is 1.11. The van der Waals surface area contributed by atoms with Gasteiger partial charge in [-0.05, 0) is 86.1 Å². The van der Waals surface area contributed by atoms with E-state index < -0.39 is 0 Å². The van der Waals surface area contributed by atoms with E-state index in [1.54, 1.807) is 0 Å². The first-order valence-corrected chi connectivity index (χ1v) is 19.2. The number of nitrogens with zero attached hydrogens (tertiary/aromatic N) is 1. The van der Waals surface area contributed by atoms with Gasteiger partial charge in [-0.15, -0.1) is 11.3 Å². The molecule has 0 N–H and O–H groups in total. The van der Waals surface area contributed by atoms with Crippen molar-refractivity contribution < 1.29 is 0 Å². The van der Waals surface area contributed by atoms with E-state index in [-0.39, 0.29) is 0 Å². The molecule has 0 saturated carbocycles. The molecule has 0 aliphatic rings. The van der Waals surface area contributed by atoms with Gasteiger partial charge in [-0.3, -0.25) is 0 Å². The topological polar surface area (TPSA) is 3.24 Å². The minimum atomic E-state index is 1.11. The molecule has 0 radical (unpaired) electrons. The van der Waals surface area contributed by atoms with E-state index in [1.165, 1.54) is 75.5 Å². The number of fused-ring (bicyclic) bond motifs is 4. The predicted molar refractivity (Wildman–Crippen MR) is 233 cm³/mol. The smallest absolute Gasteiger partial charge is 0.0555 e. The Hall–Kier alpha value is -6.74. The van der Waals surface area contributed by atoms with Crippen LogP contribution in [0.25, 0.3) is 75.5 Å². The third-order valence-electron chi connectivity index (χ3n) is 10.5. The molecule has 0 spiro atoms. The second kappa shape index (κ2) is 13.7. The highest BCUT2D eigenvalue weighted by atomic mass is 32.1. The lowest BCUT2D eigenvalue weighted by Crippen LogP contribution is -2.12. The van der Waals surface area contributed by atoms with Crippen LogP contribution in [0.3, 0.4) is 0 Å². The Bertz CT molecular complexity index is 2900. The molecule has 54 heavy (non-hydrogen) atoms. The molecule has 0 fully saturated rings. The lowest BCUT2D eigenvalue weighted by molar-refractivity contribution is 1.30. The second-order valence-corrected chi connectivity index (χ2v) is 14.8. The van der Waals surface area contributed by atoms with E-state index in [1.807, 2.05) is 11.3 Å². The van der Waals surface area contributed by atoms with Crippen LogP contribution >= 0.6 is 11.3 Å². The van der Waals surface area contributed by atoms with Crippen molar-refractivity contribution in [3.63, 3.8) is 0 Å². The lowest BCUT2D eigenvalue weighted by Gasteiger charge is -2.29. The summed E-state index contributed by atoms with van der Waals surface area (Å²) in [5.74, 6) is 0. The van der Waals surface area contributed by atoms with Gasteiger partial charge in [0.25, 0.3) is 0 Å². The highest BCUT2D eigenvalue weighted by Gasteiger charge is 2.22. The fourth-order valence-corrected chi connectivity index (χ4v) is 8.99. The van der Waals surface area contributed by atoms with E-state index in [2.05, 4.69) is 217 Å². The number of anilines is 3. The molecule has 1 aromatic heterocycles. The third kappa shape index (κ3) is 5.74. The number of rotatable bonds is 7. The monoisotopic (exact) mass is 705 g/mol. The molecule has 0 aliphatic carbocycles. The van der Waals surface area contributed by atoms with Crippen LogP contribution in [0, 0.1) is 0 Å². The van der Waals surface area contributed by atoms with Crippen LogP contribution in [0.5, 0.6) is 0 Å². The third-order valence-corrected chi connectivity index (χ3v) is 11.6. The van der Waals surface area contributed by atoms with Gasteiger partial charge in [-0.25, -0.2) is 0 Å². The fourth-order valence-electron chi connectivity index (χ4n) is 7.86. The highest BCUT2D eigenvalue weighted by Crippen LogP contribution is 2.48. The molecular formula is C52H35NS. The van der Waals surface area contributed by atoms with Gasteiger partial charge in [0.1, 0.15) is 0 Å². The van der Waals surface area contributed by atoms with Gasteiger partial charge >= 0.3 is 0 Å². The summed E-state index contributed by atoms with van der Waals surface area (Å²) in [7, 11) is 0. The first-order chi connectivity index (χ1) is 26.8. The van der Waals surface area contributed by atoms with Crippen molar-refractivity contribution >= 4 is 59.3 Å². The summed E-state index contributed by atoms with van der Waals surface area (Å²) in [6, 6.07) is 77.2. The van der Waals surface area contributed by atoms with Crippen molar-refractivity contribution in [3.8, 4) is 44.5 Å². The largest absolute Gasteiger partial charge is 0.309 e. The highest BCUT2D eigenvalue weighted by molar-refractivity contribution is 7.26. The summed E-state index contributed by atoms with van der Waals surface area (Å²) in [4.78, 5) is 2.49. The first-order valence-electron chi connectivity index (χ1n) is 18.4. The zero-order valence-corrected chi connectivity index (χ0v) is 30.4. The normalized spacial score (nSPS) is 11.3. The van der Waals surface area contributed by atoms with Gasteiger partial charge in [-0.1, -0.05) is 176 Å². The van der Waals surface area contributed by atoms with Gasteiger partial charge in [-0.2, -0.15) is 0 Å². The maximum Gasteiger partial charge on any atom is 0.0555 e. The maximum absolute atomic E-state index is 2.49. The van der Waals surface area contributed by atoms with Crippen LogP contribution in [0.4, 0.5) is 17.1 Å². The van der Waals surface area contributed by atoms with E-state index >= 15 is 0 Å². The number of hydrogen-bond acceptors (Lipinski definition) is 2. The van der Waals surface area contributed by atoms with Crippen LogP contribution in [0.2, 0.25) is 0 Å². The summed E-state index contributed by atoms with van der Waals surface area (Å²) in [6.07, 6.45) is 0. The first kappa shape index (κ1) is 32.0. The zero-order chi connectivity index (χ0) is 35.8. The predicted octanol–water partition coefficient (Wildman–Crippen LogP) is 15.3. The summed E-state index contributed by atoms with van der Waals surface area (Å²) >= 11 is 1.86. The molecular weight excluding hydrogens is 671 g/mol. The van der Waals surface area contributed by atoms with Crippen molar-refractivity contribution in [3.05, 3.63) is 212 Å². The van der Waals surface area contributed by atoms with Crippen LogP contribution in [-0.2, 0) is 0 Å². The Morgan fingerprint density at radius 2 is 0.852 bits per heavy atom. The molecule has 1 nitrogen and oxygen atoms in total. The molecule has 0 atom stereocenters. The standard InChI is InChI=1S/C52H35NS/c1-3-13-36(14-4-1)37-25-27-38(28-26-37)39-29-32-43(33-30-39)53(48-22-12-24-51-52(48)47-20-9-10-23-50(47)54-51)49-35-42(31-34-46(49)41-15-5-2-6-16-41)45-21-11-18-40-17-7-8-19-44(40)45/h1-35H. The van der Waals surface area contributed by atoms with Gasteiger partial charge in [0.05, 0.1) is 11.4 Å². The second-order valence-electron chi connectivity index (χ2n) is 13.7. The average Bonchev–Trinajstić information content (AvgIpc) is 3.64. The Kier molecular flexibility index (Phi) is 8.09. The molecule has 0 saturated heterocycles. The minimum Gasteiger partial charge on any atom is -0.309 e. The van der Waals surface area contributed by atoms with Gasteiger partial charge in [0.2, 0.25) is 0 Å². The van der Waals surface area contributed by atoms with Crippen LogP contribution in [0.1, 0.15) is 0 Å². The Morgan fingerprint density at radius 3 is 1.59 bits per heavy atom. The molecule has 0 unspecified atom stereocenters. The SMILES string of the molecule is c1ccc(-c2ccc(-c3ccc(N(c4cc(-c5cccc6ccccc56)ccc4-c4ccccc4)c4cccc5sc6ccccc6c45)cc3)cc2)cc1. The molecule has 0 bridgehead atoms. The number of hydrogen-bond donors (Lipinski definition) is 0. The van der Waals surface area contributed by atoms with Gasteiger partial charge in [0.15, 0.2) is 0 Å². The van der Waals surface area contributed by atoms with Crippen molar-refractivity contribution in [2.24, 2.45) is 0 Å². The summed E-state index contributed by atoms with van der Waals surface area (Å²) < 4.78 is 2.57. The van der Waals surface area contributed by atoms with Crippen LogP contribution in [0.15, 0.2) is 212 Å². The Morgan fingerprint density at radius 1 is 0.315 bits per heavy atom. The molecule has 2 heteroatoms. The van der Waals surface area contributed by atoms with Crippen molar-refractivity contribution in [1.29, 1.82) is 0 Å². The zero-order valence-electron chi connectivity index (χ0n) is 29.6. The van der Waals surface area contributed by atoms with E-state index in [4.69, 9.17) is 0 Å². The molecule has 9 aromatic carbocycles. The lowest BCUT2D eigenvalue weighted by atomic mass is 9.93. The maximum atomic E-state index is 2.49. The summed E-state index contributed by atoms with van der Waals surface area (Å²) in [5.41, 5.74) is 13.0. The number of benzene rings is 9. The van der Waals surface area contributed by atoms with E-state index in [0.717, 1.165) is 17.1 Å². The van der Waals surface area contributed by atoms with Crippen molar-refractivity contribution in [1.82, 2.24) is 0 Å². The molecule has 10 aromatic rings. The van der Waals surface area contributed by atoms with Crippen molar-refractivity contribution in [2.75, 3.05) is 4.90 Å². The Labute approximate surface area is 319 Å². The van der Waals surface area contributed by atoms with Crippen molar-refractivity contribution in [2.45, 2.75) is 0 Å². The van der Waals surface area contributed by atoms with E-state index in [9.17, 15) is 0 Å². The molecule has 0 aliphatic heterocycles. The quantitative estimate of drug-likeness (QED) is 0.160. The number of thiophene rings is 1.